The molecule has 6 heteroatoms. The molecule has 0 aliphatic rings. The zero-order valence-electron chi connectivity index (χ0n) is 10.7. The molecule has 0 spiro atoms. The average molecular weight is 408 g/mol. The molecule has 1 aromatic carbocycles. The smallest absolute Gasteiger partial charge is 0.0868 e. The highest BCUT2D eigenvalue weighted by Gasteiger charge is 2.12. The lowest BCUT2D eigenvalue weighted by Gasteiger charge is -2.09. The molecular formula is C13H14Br2ClN3. The number of hydrogen-bond donors (Lipinski definition) is 1. The molecule has 0 atom stereocenters. The van der Waals surface area contributed by atoms with Crippen LogP contribution in [-0.2, 0) is 20.0 Å². The summed E-state index contributed by atoms with van der Waals surface area (Å²) in [6.07, 6.45) is 0.842. The Morgan fingerprint density at radius 1 is 1.37 bits per heavy atom. The molecule has 2 aromatic rings. The molecule has 0 unspecified atom stereocenters. The molecule has 0 saturated carbocycles. The Bertz CT molecular complexity index is 596. The predicted molar refractivity (Wildman–Crippen MR) is 86.8 cm³/mol. The van der Waals surface area contributed by atoms with Crippen molar-refractivity contribution in [3.05, 3.63) is 43.6 Å². The fourth-order valence-electron chi connectivity index (χ4n) is 1.82. The number of halogens is 3. The molecule has 1 heterocycles. The van der Waals surface area contributed by atoms with Crippen LogP contribution in [0, 0.1) is 0 Å². The summed E-state index contributed by atoms with van der Waals surface area (Å²) in [5.41, 5.74) is 2.96. The van der Waals surface area contributed by atoms with Crippen molar-refractivity contribution in [3.63, 3.8) is 0 Å². The number of hydrogen-bond acceptors (Lipinski definition) is 2. The summed E-state index contributed by atoms with van der Waals surface area (Å²) in [5, 5.41) is 8.52. The maximum absolute atomic E-state index is 6.32. The number of rotatable bonds is 4. The van der Waals surface area contributed by atoms with E-state index in [2.05, 4.69) is 49.2 Å². The maximum atomic E-state index is 6.32. The highest BCUT2D eigenvalue weighted by atomic mass is 79.9. The molecule has 102 valence electrons. The molecule has 1 aromatic heterocycles. The molecule has 0 aliphatic heterocycles. The van der Waals surface area contributed by atoms with Crippen molar-refractivity contribution in [1.29, 1.82) is 0 Å². The number of aryl methyl sites for hydroxylation is 2. The Kier molecular flexibility index (Phi) is 4.92. The first kappa shape index (κ1) is 14.9. The molecule has 0 amide bonds. The first-order valence-electron chi connectivity index (χ1n) is 5.92. The van der Waals surface area contributed by atoms with Gasteiger partial charge in [0.15, 0.2) is 0 Å². The summed E-state index contributed by atoms with van der Waals surface area (Å²) < 4.78 is 3.88. The van der Waals surface area contributed by atoms with Gasteiger partial charge in [-0.3, -0.25) is 4.68 Å². The Hall–Kier alpha value is -0.520. The van der Waals surface area contributed by atoms with Gasteiger partial charge in [0, 0.05) is 21.7 Å². The van der Waals surface area contributed by atoms with Gasteiger partial charge < -0.3 is 5.32 Å². The van der Waals surface area contributed by atoms with Crippen LogP contribution >= 0.6 is 43.5 Å². The first-order chi connectivity index (χ1) is 9.02. The zero-order valence-corrected chi connectivity index (χ0v) is 14.6. The van der Waals surface area contributed by atoms with Gasteiger partial charge >= 0.3 is 0 Å². The van der Waals surface area contributed by atoms with E-state index in [1.807, 2.05) is 29.9 Å². The largest absolute Gasteiger partial charge is 0.378 e. The number of nitrogens with zero attached hydrogens (tertiary/aromatic N) is 2. The Morgan fingerprint density at radius 3 is 2.68 bits per heavy atom. The van der Waals surface area contributed by atoms with Gasteiger partial charge in [0.25, 0.3) is 0 Å². The third-order valence-electron chi connectivity index (χ3n) is 2.88. The second-order valence-electron chi connectivity index (χ2n) is 4.16. The Labute approximate surface area is 134 Å². The van der Waals surface area contributed by atoms with E-state index in [1.54, 1.807) is 0 Å². The molecule has 0 saturated heterocycles. The molecular weight excluding hydrogens is 393 g/mol. The summed E-state index contributed by atoms with van der Waals surface area (Å²) in [7, 11) is 1.92. The molecule has 1 N–H and O–H groups in total. The normalized spacial score (nSPS) is 10.8. The summed E-state index contributed by atoms with van der Waals surface area (Å²) in [6.45, 7) is 2.69. The monoisotopic (exact) mass is 405 g/mol. The van der Waals surface area contributed by atoms with E-state index in [9.17, 15) is 0 Å². The minimum absolute atomic E-state index is 0.641. The van der Waals surface area contributed by atoms with E-state index in [1.165, 1.54) is 0 Å². The zero-order chi connectivity index (χ0) is 14.0. The number of nitrogens with one attached hydrogen (secondary N) is 1. The van der Waals surface area contributed by atoms with E-state index in [0.29, 0.717) is 6.54 Å². The fraction of sp³-hybridized carbons (Fsp3) is 0.308. The van der Waals surface area contributed by atoms with Crippen LogP contribution in [0.3, 0.4) is 0 Å². The Morgan fingerprint density at radius 2 is 2.11 bits per heavy atom. The van der Waals surface area contributed by atoms with Gasteiger partial charge in [0.1, 0.15) is 0 Å². The second-order valence-corrected chi connectivity index (χ2v) is 6.31. The summed E-state index contributed by atoms with van der Waals surface area (Å²) in [4.78, 5) is 0. The van der Waals surface area contributed by atoms with Gasteiger partial charge in [-0.15, -0.1) is 0 Å². The van der Waals surface area contributed by atoms with E-state index in [-0.39, 0.29) is 0 Å². The predicted octanol–water partition coefficient (Wildman–Crippen LogP) is 4.77. The van der Waals surface area contributed by atoms with Crippen LogP contribution < -0.4 is 5.32 Å². The quantitative estimate of drug-likeness (QED) is 0.791. The van der Waals surface area contributed by atoms with Crippen LogP contribution in [-0.4, -0.2) is 9.78 Å². The lowest BCUT2D eigenvalue weighted by atomic mass is 10.3. The van der Waals surface area contributed by atoms with Crippen LogP contribution in [0.2, 0.25) is 5.02 Å². The summed E-state index contributed by atoms with van der Waals surface area (Å²) >= 11 is 13.3. The van der Waals surface area contributed by atoms with Crippen LogP contribution in [0.1, 0.15) is 18.3 Å². The third kappa shape index (κ3) is 3.33. The highest BCUT2D eigenvalue weighted by Crippen LogP contribution is 2.28. The van der Waals surface area contributed by atoms with Gasteiger partial charge in [-0.1, -0.05) is 34.5 Å². The molecule has 0 aliphatic carbocycles. The maximum Gasteiger partial charge on any atom is 0.0868 e. The molecule has 0 radical (unpaired) electrons. The third-order valence-corrected chi connectivity index (χ3v) is 4.47. The van der Waals surface area contributed by atoms with Gasteiger partial charge in [0.05, 0.1) is 23.0 Å². The first-order valence-corrected chi connectivity index (χ1v) is 7.88. The standard InChI is InChI=1S/C13H14Br2ClN3/c1-3-10-13(16)12(19(2)18-10)7-17-11-5-4-8(14)6-9(11)15/h4-6,17H,3,7H2,1-2H3. The number of benzene rings is 1. The van der Waals surface area contributed by atoms with Crippen molar-refractivity contribution >= 4 is 49.1 Å². The van der Waals surface area contributed by atoms with Crippen molar-refractivity contribution in [2.75, 3.05) is 5.32 Å². The van der Waals surface area contributed by atoms with Crippen molar-refractivity contribution in [1.82, 2.24) is 9.78 Å². The van der Waals surface area contributed by atoms with E-state index in [4.69, 9.17) is 11.6 Å². The molecule has 2 rings (SSSR count). The minimum Gasteiger partial charge on any atom is -0.378 e. The highest BCUT2D eigenvalue weighted by molar-refractivity contribution is 9.11. The molecule has 0 fully saturated rings. The summed E-state index contributed by atoms with van der Waals surface area (Å²) in [5.74, 6) is 0. The topological polar surface area (TPSA) is 29.9 Å². The van der Waals surface area contributed by atoms with Gasteiger partial charge in [-0.25, -0.2) is 0 Å². The lowest BCUT2D eigenvalue weighted by molar-refractivity contribution is 0.707. The minimum atomic E-state index is 0.641. The van der Waals surface area contributed by atoms with Gasteiger partial charge in [-0.2, -0.15) is 5.10 Å². The summed E-state index contributed by atoms with van der Waals surface area (Å²) in [6, 6.07) is 6.01. The van der Waals surface area contributed by atoms with Crippen LogP contribution in [0.15, 0.2) is 27.1 Å². The fourth-order valence-corrected chi connectivity index (χ4v) is 3.37. The van der Waals surface area contributed by atoms with Crippen molar-refractivity contribution < 1.29 is 0 Å². The second kappa shape index (κ2) is 6.29. The Balaban J connectivity index is 2.16. The molecule has 0 bridgehead atoms. The van der Waals surface area contributed by atoms with Crippen LogP contribution in [0.4, 0.5) is 5.69 Å². The van der Waals surface area contributed by atoms with Crippen molar-refractivity contribution in [2.24, 2.45) is 7.05 Å². The molecule has 19 heavy (non-hydrogen) atoms. The van der Waals surface area contributed by atoms with Crippen LogP contribution in [0.5, 0.6) is 0 Å². The van der Waals surface area contributed by atoms with Gasteiger partial charge in [-0.05, 0) is 40.5 Å². The van der Waals surface area contributed by atoms with Crippen molar-refractivity contribution in [3.8, 4) is 0 Å². The SMILES string of the molecule is CCc1nn(C)c(CNc2ccc(Br)cc2Br)c1Cl. The number of anilines is 1. The average Bonchev–Trinajstić information content (AvgIpc) is 2.64. The lowest BCUT2D eigenvalue weighted by Crippen LogP contribution is -2.06. The van der Waals surface area contributed by atoms with E-state index in [0.717, 1.165) is 37.5 Å². The van der Waals surface area contributed by atoms with E-state index >= 15 is 0 Å². The van der Waals surface area contributed by atoms with Gasteiger partial charge in [0.2, 0.25) is 0 Å². The molecule has 3 nitrogen and oxygen atoms in total. The van der Waals surface area contributed by atoms with E-state index < -0.39 is 0 Å². The van der Waals surface area contributed by atoms with Crippen molar-refractivity contribution in [2.45, 2.75) is 19.9 Å². The van der Waals surface area contributed by atoms with Crippen LogP contribution in [0.25, 0.3) is 0 Å². The number of aromatic nitrogens is 2.